The number of nitrogen functional groups attached to an aromatic ring is 1. The monoisotopic (exact) mass is 962 g/mol. The lowest BCUT2D eigenvalue weighted by molar-refractivity contribution is -0.157. The van der Waals surface area contributed by atoms with Gasteiger partial charge < -0.3 is 24.9 Å². The Bertz CT molecular complexity index is 2130. The summed E-state index contributed by atoms with van der Waals surface area (Å²) in [6.07, 6.45) is 21.2. The van der Waals surface area contributed by atoms with Crippen LogP contribution in [0, 0.1) is 53.3 Å². The van der Waals surface area contributed by atoms with E-state index in [9.17, 15) is 14.4 Å². The van der Waals surface area contributed by atoms with Crippen molar-refractivity contribution in [3.63, 3.8) is 0 Å². The number of nitrogens with one attached hydrogen (secondary N) is 1. The maximum Gasteiger partial charge on any atom is 0.306 e. The number of hydrogen-bond donors (Lipinski definition) is 2. The molecule has 0 saturated heterocycles. The molecule has 2 aromatic carbocycles. The largest absolute Gasteiger partial charge is 0.462 e. The number of fused-ring (bicyclic) bond motifs is 1. The van der Waals surface area contributed by atoms with Gasteiger partial charge in [0.25, 0.3) is 0 Å². The fraction of sp³-hybridized carbons (Fsp3) is 0.639. The minimum absolute atomic E-state index is 0.0235. The van der Waals surface area contributed by atoms with Gasteiger partial charge in [-0.2, -0.15) is 0 Å². The van der Waals surface area contributed by atoms with Gasteiger partial charge in [0.2, 0.25) is 0 Å². The third kappa shape index (κ3) is 18.8. The van der Waals surface area contributed by atoms with Crippen LogP contribution in [-0.2, 0) is 47.9 Å². The number of H-pyrrole nitrogens is 1. The molecular weight excluding hydrogens is 871 g/mol. The molecule has 3 aliphatic carbocycles. The van der Waals surface area contributed by atoms with Gasteiger partial charge in [-0.15, -0.1) is 0 Å². The van der Waals surface area contributed by atoms with Crippen molar-refractivity contribution in [3.8, 4) is 0 Å². The minimum Gasteiger partial charge on any atom is -0.462 e. The molecule has 386 valence electrons. The predicted octanol–water partition coefficient (Wildman–Crippen LogP) is 14.5. The zero-order chi connectivity index (χ0) is 50.6. The van der Waals surface area contributed by atoms with Crippen LogP contribution in [0.4, 0.5) is 5.69 Å². The first kappa shape index (κ1) is 56.3. The van der Waals surface area contributed by atoms with E-state index in [1.807, 2.05) is 48.5 Å². The minimum atomic E-state index is -0.0410. The zero-order valence-corrected chi connectivity index (χ0v) is 44.6. The zero-order valence-electron chi connectivity index (χ0n) is 44.6. The average molecular weight is 962 g/mol. The van der Waals surface area contributed by atoms with Gasteiger partial charge in [0, 0.05) is 53.9 Å². The number of aryl methyl sites for hydroxylation is 3. The number of esters is 3. The van der Waals surface area contributed by atoms with E-state index in [4.69, 9.17) is 19.9 Å². The molecule has 0 spiro atoms. The number of para-hydroxylation sites is 1. The Morgan fingerprint density at radius 3 is 1.47 bits per heavy atom. The van der Waals surface area contributed by atoms with Crippen molar-refractivity contribution in [3.05, 3.63) is 95.9 Å². The summed E-state index contributed by atoms with van der Waals surface area (Å²) >= 11 is 0. The van der Waals surface area contributed by atoms with Crippen molar-refractivity contribution in [2.24, 2.45) is 53.3 Å². The van der Waals surface area contributed by atoms with Crippen LogP contribution in [0.1, 0.15) is 175 Å². The Hall–Kier alpha value is -4.66. The molecule has 0 amide bonds. The van der Waals surface area contributed by atoms with Gasteiger partial charge in [-0.1, -0.05) is 118 Å². The third-order valence-electron chi connectivity index (χ3n) is 15.6. The van der Waals surface area contributed by atoms with Crippen molar-refractivity contribution < 1.29 is 28.6 Å². The van der Waals surface area contributed by atoms with Crippen LogP contribution >= 0.6 is 0 Å². The lowest BCUT2D eigenvalue weighted by Gasteiger charge is -2.36. The number of hydrogen-bond acceptors (Lipinski definition) is 8. The number of aromatic nitrogens is 2. The first-order chi connectivity index (χ1) is 33.6. The summed E-state index contributed by atoms with van der Waals surface area (Å²) in [4.78, 5) is 44.3. The first-order valence-corrected chi connectivity index (χ1v) is 27.4. The van der Waals surface area contributed by atoms with Crippen molar-refractivity contribution in [1.82, 2.24) is 9.97 Å². The summed E-state index contributed by atoms with van der Waals surface area (Å²) < 4.78 is 17.5. The quantitative estimate of drug-likeness (QED) is 0.0572. The van der Waals surface area contributed by atoms with Gasteiger partial charge in [0.15, 0.2) is 0 Å². The molecule has 7 rings (SSSR count). The second kappa shape index (κ2) is 29.0. The molecular formula is C61H91N3O6. The second-order valence-electron chi connectivity index (χ2n) is 22.5. The SMILES string of the molecule is CC1CCC(C(C)C)C(OC(=O)CCCc2c[nH]c3ccccc23)C1.CC1CCC(C(C)C)C(OC(=O)CCCc2ccc(N)cc2)C1.CC1CCC(C(C)C)C(OC(=O)CCCc2ccccn2)C1. The Labute approximate surface area is 422 Å². The van der Waals surface area contributed by atoms with E-state index in [0.717, 1.165) is 74.7 Å². The summed E-state index contributed by atoms with van der Waals surface area (Å²) in [5.74, 6) is 5.20. The number of aromatic amines is 1. The normalized spacial score (nSPS) is 24.5. The van der Waals surface area contributed by atoms with Gasteiger partial charge in [-0.25, -0.2) is 0 Å². The van der Waals surface area contributed by atoms with E-state index in [0.29, 0.717) is 72.5 Å². The standard InChI is InChI=1S/C22H31NO2.C20H31NO2.C19H29NO2/c1-15(2)18-12-11-16(3)13-21(18)25-22(24)10-6-7-17-14-23-20-9-5-4-8-19(17)20;1-14(2)18-12-7-15(3)13-19(18)23-20(22)6-4-5-16-8-10-17(21)11-9-16;1-14(2)17-11-10-15(3)13-18(17)22-19(21)9-6-8-16-7-4-5-12-20-16/h4-5,8-9,14-16,18,21,23H,6-7,10-13H2,1-3H3;8-11,14-15,18-19H,4-7,12-13,21H2,1-3H3;4-5,7,12,14-15,17-18H,6,8-11,13H2,1-3H3. The number of ether oxygens (including phenoxy) is 3. The van der Waals surface area contributed by atoms with E-state index < -0.39 is 0 Å². The summed E-state index contributed by atoms with van der Waals surface area (Å²) in [5, 5.41) is 1.26. The maximum absolute atomic E-state index is 12.3. The summed E-state index contributed by atoms with van der Waals surface area (Å²) in [7, 11) is 0. The number of nitrogens with two attached hydrogens (primary N) is 1. The number of rotatable bonds is 18. The topological polar surface area (TPSA) is 134 Å². The van der Waals surface area contributed by atoms with Crippen LogP contribution in [0.5, 0.6) is 0 Å². The Morgan fingerprint density at radius 1 is 0.571 bits per heavy atom. The van der Waals surface area contributed by atoms with E-state index in [1.165, 1.54) is 55.0 Å². The van der Waals surface area contributed by atoms with Crippen LogP contribution in [0.25, 0.3) is 10.9 Å². The Morgan fingerprint density at radius 2 is 1.01 bits per heavy atom. The molecule has 3 aliphatic rings. The van der Waals surface area contributed by atoms with Gasteiger partial charge >= 0.3 is 17.9 Å². The highest BCUT2D eigenvalue weighted by atomic mass is 16.6. The molecule has 9 heteroatoms. The number of anilines is 1. The Kier molecular flexibility index (Phi) is 23.3. The van der Waals surface area contributed by atoms with Crippen molar-refractivity contribution in [2.75, 3.05) is 5.73 Å². The van der Waals surface area contributed by atoms with Crippen molar-refractivity contribution in [1.29, 1.82) is 0 Å². The molecule has 3 saturated carbocycles. The number of carbonyl (C=O) groups is 3. The van der Waals surface area contributed by atoms with Crippen LogP contribution in [0.15, 0.2) is 79.1 Å². The fourth-order valence-electron chi connectivity index (χ4n) is 11.3. The molecule has 9 atom stereocenters. The van der Waals surface area contributed by atoms with E-state index >= 15 is 0 Å². The van der Waals surface area contributed by atoms with Crippen LogP contribution < -0.4 is 5.73 Å². The number of benzene rings is 2. The van der Waals surface area contributed by atoms with Gasteiger partial charge in [-0.3, -0.25) is 19.4 Å². The molecule has 9 nitrogen and oxygen atoms in total. The van der Waals surface area contributed by atoms with Crippen LogP contribution in [0.2, 0.25) is 0 Å². The Balaban J connectivity index is 0.000000196. The molecule has 4 aromatic rings. The van der Waals surface area contributed by atoms with Gasteiger partial charge in [-0.05, 0) is 172 Å². The molecule has 0 aliphatic heterocycles. The second-order valence-corrected chi connectivity index (χ2v) is 22.5. The molecule has 0 bridgehead atoms. The average Bonchev–Trinajstić information content (AvgIpc) is 3.73. The lowest BCUT2D eigenvalue weighted by atomic mass is 9.75. The molecule has 9 unspecified atom stereocenters. The number of pyridine rings is 1. The fourth-order valence-corrected chi connectivity index (χ4v) is 11.3. The number of nitrogens with zero attached hydrogens (tertiary/aromatic N) is 1. The highest BCUT2D eigenvalue weighted by Gasteiger charge is 2.35. The summed E-state index contributed by atoms with van der Waals surface area (Å²) in [6, 6.07) is 22.1. The van der Waals surface area contributed by atoms with Crippen LogP contribution in [0.3, 0.4) is 0 Å². The van der Waals surface area contributed by atoms with Gasteiger partial charge in [0.1, 0.15) is 18.3 Å². The molecule has 3 N–H and O–H groups in total. The van der Waals surface area contributed by atoms with E-state index in [2.05, 4.69) is 96.7 Å². The van der Waals surface area contributed by atoms with Gasteiger partial charge in [0.05, 0.1) is 0 Å². The molecule has 70 heavy (non-hydrogen) atoms. The highest BCUT2D eigenvalue weighted by Crippen LogP contribution is 2.38. The van der Waals surface area contributed by atoms with E-state index in [1.54, 1.807) is 6.20 Å². The molecule has 2 aromatic heterocycles. The summed E-state index contributed by atoms with van der Waals surface area (Å²) in [5.41, 5.74) is 11.2. The third-order valence-corrected chi connectivity index (χ3v) is 15.6. The highest BCUT2D eigenvalue weighted by molar-refractivity contribution is 5.83. The lowest BCUT2D eigenvalue weighted by Crippen LogP contribution is -2.35. The maximum atomic E-state index is 12.3. The van der Waals surface area contributed by atoms with Crippen LogP contribution in [-0.4, -0.2) is 46.2 Å². The molecule has 3 fully saturated rings. The smallest absolute Gasteiger partial charge is 0.306 e. The number of carbonyl (C=O) groups excluding carboxylic acids is 3. The van der Waals surface area contributed by atoms with Crippen molar-refractivity contribution >= 4 is 34.5 Å². The van der Waals surface area contributed by atoms with Crippen molar-refractivity contribution in [2.45, 2.75) is 196 Å². The molecule has 0 radical (unpaired) electrons. The predicted molar refractivity (Wildman–Crippen MR) is 286 cm³/mol. The first-order valence-electron chi connectivity index (χ1n) is 27.4. The molecule has 2 heterocycles. The van der Waals surface area contributed by atoms with E-state index in [-0.39, 0.29) is 36.2 Å². The summed E-state index contributed by atoms with van der Waals surface area (Å²) in [6.45, 7) is 20.2.